The molecule has 4 nitrogen and oxygen atoms in total. The molecule has 1 N–H and O–H groups in total. The quantitative estimate of drug-likeness (QED) is 0.845. The van der Waals surface area contributed by atoms with E-state index in [-0.39, 0.29) is 6.04 Å². The lowest BCUT2D eigenvalue weighted by molar-refractivity contribution is -0.140. The van der Waals surface area contributed by atoms with Gasteiger partial charge in [-0.2, -0.15) is 0 Å². The van der Waals surface area contributed by atoms with Crippen molar-refractivity contribution in [2.24, 2.45) is 5.92 Å². The molecule has 2 unspecified atom stereocenters. The number of ether oxygens (including phenoxy) is 1. The Morgan fingerprint density at radius 1 is 1.21 bits per heavy atom. The van der Waals surface area contributed by atoms with Gasteiger partial charge in [0.1, 0.15) is 0 Å². The van der Waals surface area contributed by atoms with E-state index in [2.05, 4.69) is 31.0 Å². The Bertz CT molecular complexity index is 301. The number of nitrogens with one attached hydrogen (secondary N) is 1. The molecule has 1 amide bonds. The van der Waals surface area contributed by atoms with Crippen LogP contribution in [0.5, 0.6) is 0 Å². The normalized spacial score (nSPS) is 27.9. The molecule has 0 spiro atoms. The Kier molecular flexibility index (Phi) is 5.22. The fourth-order valence-corrected chi connectivity index (χ4v) is 3.31. The Hall–Kier alpha value is -0.610. The van der Waals surface area contributed by atoms with E-state index in [4.69, 9.17) is 4.74 Å². The first-order chi connectivity index (χ1) is 9.09. The van der Waals surface area contributed by atoms with Crippen LogP contribution in [0.3, 0.4) is 0 Å². The second-order valence-electron chi connectivity index (χ2n) is 6.24. The van der Waals surface area contributed by atoms with Gasteiger partial charge in [0.05, 0.1) is 6.04 Å². The summed E-state index contributed by atoms with van der Waals surface area (Å²) in [5.41, 5.74) is 0. The molecule has 0 aromatic heterocycles. The van der Waals surface area contributed by atoms with Gasteiger partial charge in [0.25, 0.3) is 0 Å². The number of amides is 1. The molecule has 2 rings (SSSR count). The molecule has 0 bridgehead atoms. The van der Waals surface area contributed by atoms with Crippen LogP contribution in [-0.4, -0.2) is 48.7 Å². The SMILES string of the molecule is CC(C)NC1CCCN(C(C)C2CCOCC2)C1=O. The summed E-state index contributed by atoms with van der Waals surface area (Å²) in [4.78, 5) is 14.7. The van der Waals surface area contributed by atoms with Gasteiger partial charge in [0.15, 0.2) is 0 Å². The summed E-state index contributed by atoms with van der Waals surface area (Å²) < 4.78 is 5.42. The van der Waals surface area contributed by atoms with Crippen LogP contribution in [0.1, 0.15) is 46.5 Å². The predicted octanol–water partition coefficient (Wildman–Crippen LogP) is 1.79. The third-order valence-corrected chi connectivity index (χ3v) is 4.45. The van der Waals surface area contributed by atoms with E-state index in [0.29, 0.717) is 23.9 Å². The average Bonchev–Trinajstić information content (AvgIpc) is 2.41. The molecule has 0 aromatic carbocycles. The average molecular weight is 268 g/mol. The monoisotopic (exact) mass is 268 g/mol. The van der Waals surface area contributed by atoms with Gasteiger partial charge in [0, 0.05) is 31.8 Å². The topological polar surface area (TPSA) is 41.6 Å². The molecule has 2 saturated heterocycles. The molecule has 2 fully saturated rings. The number of likely N-dealkylation sites (tertiary alicyclic amines) is 1. The number of hydrogen-bond acceptors (Lipinski definition) is 3. The smallest absolute Gasteiger partial charge is 0.239 e. The van der Waals surface area contributed by atoms with Crippen molar-refractivity contribution >= 4 is 5.91 Å². The van der Waals surface area contributed by atoms with E-state index < -0.39 is 0 Å². The van der Waals surface area contributed by atoms with E-state index in [1.807, 2.05) is 0 Å². The van der Waals surface area contributed by atoms with Crippen molar-refractivity contribution in [1.29, 1.82) is 0 Å². The molecule has 0 aliphatic carbocycles. The summed E-state index contributed by atoms with van der Waals surface area (Å²) in [6, 6.07) is 0.747. The minimum atomic E-state index is 0.0241. The number of piperidine rings is 1. The second kappa shape index (κ2) is 6.71. The van der Waals surface area contributed by atoms with Crippen molar-refractivity contribution in [3.8, 4) is 0 Å². The van der Waals surface area contributed by atoms with E-state index >= 15 is 0 Å². The van der Waals surface area contributed by atoms with Crippen LogP contribution in [0.25, 0.3) is 0 Å². The van der Waals surface area contributed by atoms with Crippen LogP contribution in [0.2, 0.25) is 0 Å². The first kappa shape index (κ1) is 14.8. The first-order valence-corrected chi connectivity index (χ1v) is 7.74. The van der Waals surface area contributed by atoms with Gasteiger partial charge in [-0.15, -0.1) is 0 Å². The lowest BCUT2D eigenvalue weighted by Crippen LogP contribution is -2.56. The summed E-state index contributed by atoms with van der Waals surface area (Å²) in [6.45, 7) is 9.05. The van der Waals surface area contributed by atoms with Gasteiger partial charge in [-0.1, -0.05) is 13.8 Å². The molecule has 2 aliphatic rings. The highest BCUT2D eigenvalue weighted by Crippen LogP contribution is 2.25. The van der Waals surface area contributed by atoms with Crippen LogP contribution in [0, 0.1) is 5.92 Å². The zero-order chi connectivity index (χ0) is 13.8. The molecular formula is C15H28N2O2. The molecule has 0 saturated carbocycles. The number of carbonyl (C=O) groups is 1. The van der Waals surface area contributed by atoms with Crippen molar-refractivity contribution in [2.45, 2.75) is 64.6 Å². The molecule has 0 radical (unpaired) electrons. The maximum atomic E-state index is 12.6. The van der Waals surface area contributed by atoms with Gasteiger partial charge >= 0.3 is 0 Å². The zero-order valence-electron chi connectivity index (χ0n) is 12.5. The summed E-state index contributed by atoms with van der Waals surface area (Å²) in [6.07, 6.45) is 4.28. The summed E-state index contributed by atoms with van der Waals surface area (Å²) in [7, 11) is 0. The lowest BCUT2D eigenvalue weighted by Gasteiger charge is -2.41. The van der Waals surface area contributed by atoms with Gasteiger partial charge in [-0.05, 0) is 38.5 Å². The molecule has 0 aromatic rings. The first-order valence-electron chi connectivity index (χ1n) is 7.74. The number of nitrogens with zero attached hydrogens (tertiary/aromatic N) is 1. The second-order valence-corrected chi connectivity index (χ2v) is 6.24. The largest absolute Gasteiger partial charge is 0.381 e. The summed E-state index contributed by atoms with van der Waals surface area (Å²) in [5.74, 6) is 0.912. The van der Waals surface area contributed by atoms with Gasteiger partial charge < -0.3 is 15.0 Å². The third-order valence-electron chi connectivity index (χ3n) is 4.45. The van der Waals surface area contributed by atoms with Crippen LogP contribution in [0.4, 0.5) is 0 Å². The Labute approximate surface area is 116 Å². The maximum Gasteiger partial charge on any atom is 0.239 e. The van der Waals surface area contributed by atoms with Crippen molar-refractivity contribution in [1.82, 2.24) is 10.2 Å². The Morgan fingerprint density at radius 3 is 2.53 bits per heavy atom. The molecule has 2 heterocycles. The summed E-state index contributed by atoms with van der Waals surface area (Å²) in [5, 5.41) is 3.40. The van der Waals surface area contributed by atoms with E-state index in [1.54, 1.807) is 0 Å². The molecule has 4 heteroatoms. The highest BCUT2D eigenvalue weighted by Gasteiger charge is 2.35. The summed E-state index contributed by atoms with van der Waals surface area (Å²) >= 11 is 0. The van der Waals surface area contributed by atoms with E-state index in [0.717, 1.165) is 45.4 Å². The number of hydrogen-bond donors (Lipinski definition) is 1. The Morgan fingerprint density at radius 2 is 1.89 bits per heavy atom. The van der Waals surface area contributed by atoms with E-state index in [1.165, 1.54) is 0 Å². The van der Waals surface area contributed by atoms with Gasteiger partial charge in [-0.3, -0.25) is 4.79 Å². The van der Waals surface area contributed by atoms with Crippen molar-refractivity contribution in [2.75, 3.05) is 19.8 Å². The van der Waals surface area contributed by atoms with Crippen molar-refractivity contribution in [3.63, 3.8) is 0 Å². The van der Waals surface area contributed by atoms with Crippen LogP contribution in [0.15, 0.2) is 0 Å². The highest BCUT2D eigenvalue weighted by atomic mass is 16.5. The number of carbonyl (C=O) groups excluding carboxylic acids is 1. The van der Waals surface area contributed by atoms with Crippen LogP contribution < -0.4 is 5.32 Å². The number of rotatable bonds is 4. The zero-order valence-corrected chi connectivity index (χ0v) is 12.5. The minimum absolute atomic E-state index is 0.0241. The van der Waals surface area contributed by atoms with Crippen LogP contribution in [-0.2, 0) is 9.53 Å². The van der Waals surface area contributed by atoms with Gasteiger partial charge in [-0.25, -0.2) is 0 Å². The predicted molar refractivity (Wildman–Crippen MR) is 76.0 cm³/mol. The standard InChI is InChI=1S/C15H28N2O2/c1-11(2)16-14-5-4-8-17(15(14)18)12(3)13-6-9-19-10-7-13/h11-14,16H,4-10H2,1-3H3. The fourth-order valence-electron chi connectivity index (χ4n) is 3.31. The lowest BCUT2D eigenvalue weighted by atomic mass is 9.90. The molecular weight excluding hydrogens is 240 g/mol. The molecule has 2 aliphatic heterocycles. The van der Waals surface area contributed by atoms with Gasteiger partial charge in [0.2, 0.25) is 5.91 Å². The highest BCUT2D eigenvalue weighted by molar-refractivity contribution is 5.83. The Balaban J connectivity index is 1.95. The molecule has 2 atom stereocenters. The third kappa shape index (κ3) is 3.69. The van der Waals surface area contributed by atoms with Crippen LogP contribution >= 0.6 is 0 Å². The fraction of sp³-hybridized carbons (Fsp3) is 0.933. The molecule has 19 heavy (non-hydrogen) atoms. The van der Waals surface area contributed by atoms with E-state index in [9.17, 15) is 4.79 Å². The van der Waals surface area contributed by atoms with Crippen molar-refractivity contribution in [3.05, 3.63) is 0 Å². The minimum Gasteiger partial charge on any atom is -0.381 e. The van der Waals surface area contributed by atoms with Crippen molar-refractivity contribution < 1.29 is 9.53 Å². The maximum absolute atomic E-state index is 12.6. The molecule has 110 valence electrons.